The van der Waals surface area contributed by atoms with E-state index in [1.165, 1.54) is 88.7 Å². The van der Waals surface area contributed by atoms with E-state index in [1.54, 1.807) is 0 Å². The van der Waals surface area contributed by atoms with Gasteiger partial charge in [-0.05, 0) is 76.3 Å². The molecule has 2 aromatic rings. The lowest BCUT2D eigenvalue weighted by atomic mass is 9.95. The number of nitrogens with one attached hydrogen (secondary N) is 3. The topological polar surface area (TPSA) is 71.6 Å². The molecule has 2 saturated heterocycles. The molecule has 0 bridgehead atoms. The van der Waals surface area contributed by atoms with Gasteiger partial charge in [0, 0.05) is 70.2 Å². The van der Waals surface area contributed by atoms with Gasteiger partial charge in [-0.15, -0.1) is 0 Å². The number of rotatable bonds is 14. The third-order valence-electron chi connectivity index (χ3n) is 8.84. The van der Waals surface area contributed by atoms with E-state index in [4.69, 9.17) is 4.98 Å². The molecule has 8 heteroatoms. The van der Waals surface area contributed by atoms with Crippen LogP contribution < -0.4 is 20.9 Å². The van der Waals surface area contributed by atoms with Crippen molar-refractivity contribution in [2.45, 2.75) is 77.4 Å². The van der Waals surface area contributed by atoms with Crippen molar-refractivity contribution in [2.75, 3.05) is 75.7 Å². The smallest absolute Gasteiger partial charge is 0.225 e. The molecule has 0 spiro atoms. The summed E-state index contributed by atoms with van der Waals surface area (Å²) in [6.45, 7) is 15.2. The molecule has 1 saturated carbocycles. The van der Waals surface area contributed by atoms with Crippen molar-refractivity contribution >= 4 is 11.8 Å². The van der Waals surface area contributed by atoms with Crippen molar-refractivity contribution in [3.8, 4) is 0 Å². The van der Waals surface area contributed by atoms with Crippen molar-refractivity contribution in [1.29, 1.82) is 0 Å². The van der Waals surface area contributed by atoms with Crippen LogP contribution in [0.15, 0.2) is 30.3 Å². The van der Waals surface area contributed by atoms with Gasteiger partial charge in [-0.2, -0.15) is 4.98 Å². The Hall–Kier alpha value is -2.26. The van der Waals surface area contributed by atoms with E-state index in [0.717, 1.165) is 75.9 Å². The number of hydrogen-bond acceptors (Lipinski definition) is 8. The summed E-state index contributed by atoms with van der Waals surface area (Å²) in [5.41, 5.74) is 3.59. The first-order chi connectivity index (χ1) is 19.7. The van der Waals surface area contributed by atoms with Gasteiger partial charge >= 0.3 is 0 Å². The quantitative estimate of drug-likeness (QED) is 0.306. The van der Waals surface area contributed by atoms with Crippen molar-refractivity contribution in [3.63, 3.8) is 0 Å². The Labute approximate surface area is 242 Å². The number of aryl methyl sites for hydroxylation is 1. The van der Waals surface area contributed by atoms with Crippen molar-refractivity contribution in [3.05, 3.63) is 47.2 Å². The number of hydrogen-bond donors (Lipinski definition) is 3. The Balaban J connectivity index is 0.994. The van der Waals surface area contributed by atoms with Crippen LogP contribution in [0.5, 0.6) is 0 Å². The zero-order chi connectivity index (χ0) is 27.4. The molecule has 0 amide bonds. The van der Waals surface area contributed by atoms with E-state index < -0.39 is 0 Å². The first kappa shape index (κ1) is 29.2. The summed E-state index contributed by atoms with van der Waals surface area (Å²) in [6, 6.07) is 11.8. The highest BCUT2D eigenvalue weighted by Gasteiger charge is 2.20. The third kappa shape index (κ3) is 9.40. The largest absolute Gasteiger partial charge is 0.354 e. The molecule has 3 fully saturated rings. The minimum absolute atomic E-state index is 0.721. The van der Waals surface area contributed by atoms with E-state index >= 15 is 0 Å². The fraction of sp³-hybridized carbons (Fsp3) is 0.688. The van der Waals surface area contributed by atoms with Crippen LogP contribution in [-0.4, -0.2) is 91.3 Å². The molecule has 3 aliphatic rings. The lowest BCUT2D eigenvalue weighted by Crippen LogP contribution is -2.48. The standard InChI is InChI=1S/C32H52N8/c1-27-24-31(40-22-20-39(21-23-40)19-18-38-16-5-6-17-38)37-32(36-27)35-26-29-12-10-28(11-13-29)25-33-14-7-15-34-30-8-3-2-4-9-30/h10-13,24,30,33-34H,2-9,14-23,25-26H2,1H3,(H,35,36,37). The molecule has 0 atom stereocenters. The lowest BCUT2D eigenvalue weighted by molar-refractivity contribution is 0.215. The molecule has 0 radical (unpaired) electrons. The molecule has 0 unspecified atom stereocenters. The summed E-state index contributed by atoms with van der Waals surface area (Å²) in [5, 5.41) is 10.8. The molecule has 1 aliphatic carbocycles. The molecule has 220 valence electrons. The second kappa shape index (κ2) is 15.7. The van der Waals surface area contributed by atoms with E-state index in [-0.39, 0.29) is 0 Å². The van der Waals surface area contributed by atoms with Crippen LogP contribution in [-0.2, 0) is 13.1 Å². The van der Waals surface area contributed by atoms with E-state index in [2.05, 4.69) is 72.9 Å². The van der Waals surface area contributed by atoms with Gasteiger partial charge in [0.1, 0.15) is 5.82 Å². The van der Waals surface area contributed by atoms with Crippen LogP contribution in [0.25, 0.3) is 0 Å². The van der Waals surface area contributed by atoms with Gasteiger partial charge in [0.15, 0.2) is 0 Å². The average Bonchev–Trinajstić information content (AvgIpc) is 3.52. The molecule has 1 aromatic carbocycles. The Kier molecular flexibility index (Phi) is 11.4. The number of likely N-dealkylation sites (tertiary alicyclic amines) is 1. The van der Waals surface area contributed by atoms with Crippen LogP contribution >= 0.6 is 0 Å². The summed E-state index contributed by atoms with van der Waals surface area (Å²) >= 11 is 0. The fourth-order valence-corrected chi connectivity index (χ4v) is 6.30. The SMILES string of the molecule is Cc1cc(N2CCN(CCN3CCCC3)CC2)nc(NCc2ccc(CNCCCNC3CCCCC3)cc2)n1. The minimum atomic E-state index is 0.721. The molecular weight excluding hydrogens is 496 g/mol. The molecule has 5 rings (SSSR count). The lowest BCUT2D eigenvalue weighted by Gasteiger charge is -2.36. The minimum Gasteiger partial charge on any atom is -0.354 e. The highest BCUT2D eigenvalue weighted by Crippen LogP contribution is 2.19. The van der Waals surface area contributed by atoms with Gasteiger partial charge in [0.2, 0.25) is 5.95 Å². The molecule has 2 aliphatic heterocycles. The summed E-state index contributed by atoms with van der Waals surface area (Å²) in [6.07, 6.45) is 10.9. The predicted molar refractivity (Wildman–Crippen MR) is 166 cm³/mol. The van der Waals surface area contributed by atoms with Gasteiger partial charge in [0.25, 0.3) is 0 Å². The van der Waals surface area contributed by atoms with E-state index in [0.29, 0.717) is 0 Å². The molecule has 1 aromatic heterocycles. The van der Waals surface area contributed by atoms with Crippen LogP contribution in [0.1, 0.15) is 68.2 Å². The Morgan fingerprint density at radius 2 is 1.43 bits per heavy atom. The zero-order valence-electron chi connectivity index (χ0n) is 24.8. The summed E-state index contributed by atoms with van der Waals surface area (Å²) < 4.78 is 0. The Morgan fingerprint density at radius 3 is 2.15 bits per heavy atom. The highest BCUT2D eigenvalue weighted by atomic mass is 15.3. The van der Waals surface area contributed by atoms with Crippen molar-refractivity contribution in [1.82, 2.24) is 30.4 Å². The maximum atomic E-state index is 4.88. The second-order valence-corrected chi connectivity index (χ2v) is 12.1. The van der Waals surface area contributed by atoms with Gasteiger partial charge < -0.3 is 25.8 Å². The number of aromatic nitrogens is 2. The molecule has 3 N–H and O–H groups in total. The van der Waals surface area contributed by atoms with Gasteiger partial charge in [0.05, 0.1) is 0 Å². The van der Waals surface area contributed by atoms with Crippen LogP contribution in [0.3, 0.4) is 0 Å². The monoisotopic (exact) mass is 548 g/mol. The predicted octanol–water partition coefficient (Wildman–Crippen LogP) is 4.02. The van der Waals surface area contributed by atoms with Crippen LogP contribution in [0.4, 0.5) is 11.8 Å². The van der Waals surface area contributed by atoms with Gasteiger partial charge in [-0.1, -0.05) is 43.5 Å². The molecule has 8 nitrogen and oxygen atoms in total. The molecule has 3 heterocycles. The van der Waals surface area contributed by atoms with Crippen molar-refractivity contribution in [2.24, 2.45) is 0 Å². The normalized spacial score (nSPS) is 19.4. The van der Waals surface area contributed by atoms with Crippen molar-refractivity contribution < 1.29 is 0 Å². The number of piperazine rings is 1. The molecular formula is C32H52N8. The summed E-state index contributed by atoms with van der Waals surface area (Å²) in [7, 11) is 0. The Bertz CT molecular complexity index is 992. The fourth-order valence-electron chi connectivity index (χ4n) is 6.30. The number of benzene rings is 1. The molecule has 40 heavy (non-hydrogen) atoms. The Morgan fingerprint density at radius 1 is 0.750 bits per heavy atom. The van der Waals surface area contributed by atoms with Crippen LogP contribution in [0.2, 0.25) is 0 Å². The summed E-state index contributed by atoms with van der Waals surface area (Å²) in [5.74, 6) is 1.77. The highest BCUT2D eigenvalue weighted by molar-refractivity contribution is 5.45. The second-order valence-electron chi connectivity index (χ2n) is 12.1. The maximum Gasteiger partial charge on any atom is 0.225 e. The first-order valence-corrected chi connectivity index (χ1v) is 16.0. The number of anilines is 2. The summed E-state index contributed by atoms with van der Waals surface area (Å²) in [4.78, 5) is 17.2. The maximum absolute atomic E-state index is 4.88. The van der Waals surface area contributed by atoms with Gasteiger partial charge in [-0.3, -0.25) is 4.90 Å². The average molecular weight is 549 g/mol. The van der Waals surface area contributed by atoms with E-state index in [1.807, 2.05) is 0 Å². The van der Waals surface area contributed by atoms with Crippen LogP contribution in [0, 0.1) is 6.92 Å². The van der Waals surface area contributed by atoms with E-state index in [9.17, 15) is 0 Å². The zero-order valence-corrected chi connectivity index (χ0v) is 24.8. The third-order valence-corrected chi connectivity index (χ3v) is 8.84. The van der Waals surface area contributed by atoms with Gasteiger partial charge in [-0.25, -0.2) is 4.98 Å². The first-order valence-electron chi connectivity index (χ1n) is 16.0. The number of nitrogens with zero attached hydrogens (tertiary/aromatic N) is 5.